The fourth-order valence-electron chi connectivity index (χ4n) is 2.18. The van der Waals surface area contributed by atoms with Crippen LogP contribution < -0.4 is 22.1 Å². The van der Waals surface area contributed by atoms with Crippen molar-refractivity contribution in [3.8, 4) is 11.5 Å². The number of aliphatic hydroxyl groups excluding tert-OH is 1. The highest BCUT2D eigenvalue weighted by Gasteiger charge is 2.27. The quantitative estimate of drug-likeness (QED) is 0.0928. The minimum Gasteiger partial charge on any atom is -0.504 e. The molecule has 1 aromatic rings. The first-order valence-electron chi connectivity index (χ1n) is 8.18. The zero-order valence-electron chi connectivity index (χ0n) is 14.8. The van der Waals surface area contributed by atoms with Gasteiger partial charge in [-0.3, -0.25) is 14.6 Å². The van der Waals surface area contributed by atoms with E-state index in [1.807, 2.05) is 0 Å². The molecule has 10 N–H and O–H groups in total. The minimum atomic E-state index is -1.56. The van der Waals surface area contributed by atoms with Gasteiger partial charge in [0.25, 0.3) is 5.91 Å². The summed E-state index contributed by atoms with van der Waals surface area (Å²) in [5.74, 6) is -4.52. The fourth-order valence-corrected chi connectivity index (χ4v) is 2.18. The third-order valence-electron chi connectivity index (χ3n) is 3.62. The molecule has 28 heavy (non-hydrogen) atoms. The molecule has 0 fully saturated rings. The van der Waals surface area contributed by atoms with Crippen LogP contribution in [0.25, 0.3) is 0 Å². The maximum atomic E-state index is 12.4. The van der Waals surface area contributed by atoms with Gasteiger partial charge in [0.05, 0.1) is 12.2 Å². The zero-order valence-corrected chi connectivity index (χ0v) is 14.8. The monoisotopic (exact) mass is 397 g/mol. The Kier molecular flexibility index (Phi) is 8.49. The van der Waals surface area contributed by atoms with Crippen molar-refractivity contribution >= 4 is 23.7 Å². The molecule has 0 aromatic heterocycles. The van der Waals surface area contributed by atoms with Gasteiger partial charge in [0.2, 0.25) is 5.91 Å². The SMILES string of the molecule is NC(N)=NCCCC(NC(=O)c1cccc(O)c1O)C(=O)NC(CO)C(=O)O. The Morgan fingerprint density at radius 3 is 2.36 bits per heavy atom. The van der Waals surface area contributed by atoms with Crippen LogP contribution in [0.15, 0.2) is 23.2 Å². The highest BCUT2D eigenvalue weighted by Crippen LogP contribution is 2.28. The maximum absolute atomic E-state index is 12.4. The van der Waals surface area contributed by atoms with Crippen molar-refractivity contribution in [3.05, 3.63) is 23.8 Å². The van der Waals surface area contributed by atoms with Crippen LogP contribution in [-0.2, 0) is 9.59 Å². The molecule has 0 saturated heterocycles. The Labute approximate surface area is 159 Å². The van der Waals surface area contributed by atoms with Gasteiger partial charge < -0.3 is 42.5 Å². The lowest BCUT2D eigenvalue weighted by molar-refractivity contribution is -0.143. The molecule has 2 amide bonds. The molecule has 1 aromatic carbocycles. The molecular weight excluding hydrogens is 374 g/mol. The Bertz CT molecular complexity index is 749. The molecule has 12 heteroatoms. The number of carboxylic acids is 1. The Morgan fingerprint density at radius 2 is 1.79 bits per heavy atom. The minimum absolute atomic E-state index is 0.0334. The Balaban J connectivity index is 2.93. The molecule has 0 aliphatic heterocycles. The number of carbonyl (C=O) groups is 3. The number of nitrogens with one attached hydrogen (secondary N) is 2. The molecule has 0 spiro atoms. The maximum Gasteiger partial charge on any atom is 0.328 e. The molecule has 0 saturated carbocycles. The largest absolute Gasteiger partial charge is 0.504 e. The van der Waals surface area contributed by atoms with Crippen LogP contribution in [0.4, 0.5) is 0 Å². The summed E-state index contributed by atoms with van der Waals surface area (Å²) >= 11 is 0. The van der Waals surface area contributed by atoms with Crippen molar-refractivity contribution in [2.45, 2.75) is 24.9 Å². The number of guanidine groups is 1. The number of phenolic OH excluding ortho intramolecular Hbond substituents is 2. The standard InChI is InChI=1S/C16H23N5O7/c17-16(18)19-6-2-4-9(14(26)21-10(7-22)15(27)28)20-13(25)8-3-1-5-11(23)12(8)24/h1,3,5,9-10,22-24H,2,4,6-7H2,(H,20,25)(H,21,26)(H,27,28)(H4,17,18,19). The number of para-hydroxylation sites is 1. The summed E-state index contributed by atoms with van der Waals surface area (Å²) in [5.41, 5.74) is 10.1. The van der Waals surface area contributed by atoms with Gasteiger partial charge in [0.15, 0.2) is 17.5 Å². The van der Waals surface area contributed by atoms with E-state index in [4.69, 9.17) is 21.7 Å². The third-order valence-corrected chi connectivity index (χ3v) is 3.62. The number of aliphatic carboxylic acids is 1. The van der Waals surface area contributed by atoms with Gasteiger partial charge in [-0.1, -0.05) is 6.07 Å². The molecule has 154 valence electrons. The van der Waals surface area contributed by atoms with Gasteiger partial charge in [-0.15, -0.1) is 0 Å². The molecule has 12 nitrogen and oxygen atoms in total. The first-order valence-corrected chi connectivity index (χ1v) is 8.18. The van der Waals surface area contributed by atoms with Crippen LogP contribution in [0.1, 0.15) is 23.2 Å². The predicted molar refractivity (Wildman–Crippen MR) is 97.6 cm³/mol. The van der Waals surface area contributed by atoms with Crippen LogP contribution >= 0.6 is 0 Å². The van der Waals surface area contributed by atoms with Crippen LogP contribution in [-0.4, -0.2) is 69.4 Å². The highest BCUT2D eigenvalue weighted by atomic mass is 16.4. The van der Waals surface area contributed by atoms with Crippen LogP contribution in [0, 0.1) is 0 Å². The number of rotatable bonds is 10. The lowest BCUT2D eigenvalue weighted by atomic mass is 10.1. The predicted octanol–water partition coefficient (Wildman–Crippen LogP) is -2.19. The van der Waals surface area contributed by atoms with Gasteiger partial charge >= 0.3 is 5.97 Å². The van der Waals surface area contributed by atoms with Crippen LogP contribution in [0.5, 0.6) is 11.5 Å². The number of carboxylic acid groups (broad SMARTS) is 1. The van der Waals surface area contributed by atoms with E-state index in [-0.39, 0.29) is 30.9 Å². The van der Waals surface area contributed by atoms with Gasteiger partial charge in [0.1, 0.15) is 12.1 Å². The summed E-state index contributed by atoms with van der Waals surface area (Å²) < 4.78 is 0. The number of aromatic hydroxyl groups is 2. The summed E-state index contributed by atoms with van der Waals surface area (Å²) in [4.78, 5) is 39.5. The number of benzene rings is 1. The summed E-state index contributed by atoms with van der Waals surface area (Å²) in [7, 11) is 0. The Hall–Kier alpha value is -3.54. The number of nitrogens with two attached hydrogens (primary N) is 2. The van der Waals surface area contributed by atoms with Crippen LogP contribution in [0.2, 0.25) is 0 Å². The second-order valence-electron chi connectivity index (χ2n) is 5.73. The number of carbonyl (C=O) groups excluding carboxylic acids is 2. The molecule has 2 atom stereocenters. The van der Waals surface area contributed by atoms with E-state index in [0.29, 0.717) is 0 Å². The molecule has 0 bridgehead atoms. The van der Waals surface area contributed by atoms with Crippen LogP contribution in [0.3, 0.4) is 0 Å². The number of amides is 2. The molecule has 0 aliphatic carbocycles. The van der Waals surface area contributed by atoms with E-state index in [1.54, 1.807) is 0 Å². The number of hydrogen-bond donors (Lipinski definition) is 8. The number of aliphatic imine (C=N–C) groups is 1. The smallest absolute Gasteiger partial charge is 0.328 e. The number of nitrogens with zero attached hydrogens (tertiary/aromatic N) is 1. The van der Waals surface area contributed by atoms with Gasteiger partial charge in [-0.05, 0) is 25.0 Å². The third kappa shape index (κ3) is 6.64. The lowest BCUT2D eigenvalue weighted by Gasteiger charge is -2.20. The second-order valence-corrected chi connectivity index (χ2v) is 5.73. The normalized spacial score (nSPS) is 12.5. The summed E-state index contributed by atoms with van der Waals surface area (Å²) in [6.45, 7) is -0.690. The van der Waals surface area contributed by atoms with Gasteiger partial charge in [0, 0.05) is 6.54 Å². The van der Waals surface area contributed by atoms with E-state index < -0.39 is 48.0 Å². The number of phenols is 2. The van der Waals surface area contributed by atoms with Gasteiger partial charge in [-0.25, -0.2) is 4.79 Å². The van der Waals surface area contributed by atoms with Gasteiger partial charge in [-0.2, -0.15) is 0 Å². The molecule has 0 radical (unpaired) electrons. The number of aliphatic hydroxyl groups is 1. The van der Waals surface area contributed by atoms with E-state index in [1.165, 1.54) is 18.2 Å². The molecule has 0 heterocycles. The van der Waals surface area contributed by atoms with Crippen molar-refractivity contribution in [2.75, 3.05) is 13.2 Å². The topological polar surface area (TPSA) is 221 Å². The molecule has 2 unspecified atom stereocenters. The van der Waals surface area contributed by atoms with Crippen molar-refractivity contribution < 1.29 is 34.8 Å². The summed E-state index contributed by atoms with van der Waals surface area (Å²) in [6, 6.07) is 0.955. The van der Waals surface area contributed by atoms with Crippen molar-refractivity contribution in [1.82, 2.24) is 10.6 Å². The molecule has 1 rings (SSSR count). The fraction of sp³-hybridized carbons (Fsp3) is 0.375. The average Bonchev–Trinajstić information content (AvgIpc) is 2.63. The molecule has 0 aliphatic rings. The van der Waals surface area contributed by atoms with E-state index in [0.717, 1.165) is 0 Å². The lowest BCUT2D eigenvalue weighted by Crippen LogP contribution is -2.52. The number of hydrogen-bond acceptors (Lipinski definition) is 7. The summed E-state index contributed by atoms with van der Waals surface area (Å²) in [6.07, 6.45) is 0.296. The van der Waals surface area contributed by atoms with Crippen molar-refractivity contribution in [2.24, 2.45) is 16.5 Å². The highest BCUT2D eigenvalue weighted by molar-refractivity contribution is 6.00. The Morgan fingerprint density at radius 1 is 1.11 bits per heavy atom. The van der Waals surface area contributed by atoms with Crippen molar-refractivity contribution in [3.63, 3.8) is 0 Å². The van der Waals surface area contributed by atoms with E-state index >= 15 is 0 Å². The summed E-state index contributed by atoms with van der Waals surface area (Å²) in [5, 5.41) is 41.7. The van der Waals surface area contributed by atoms with E-state index in [2.05, 4.69) is 15.6 Å². The molecular formula is C16H23N5O7. The first-order chi connectivity index (χ1) is 13.2. The average molecular weight is 397 g/mol. The zero-order chi connectivity index (χ0) is 21.3. The second kappa shape index (κ2) is 10.6. The first kappa shape index (κ1) is 22.5. The van der Waals surface area contributed by atoms with Crippen molar-refractivity contribution in [1.29, 1.82) is 0 Å². The van der Waals surface area contributed by atoms with E-state index in [9.17, 15) is 24.6 Å².